The van der Waals surface area contributed by atoms with Crippen molar-refractivity contribution in [1.29, 1.82) is 0 Å². The van der Waals surface area contributed by atoms with Gasteiger partial charge < -0.3 is 20.3 Å². The van der Waals surface area contributed by atoms with Crippen LogP contribution in [0.4, 0.5) is 0 Å². The highest BCUT2D eigenvalue weighted by Crippen LogP contribution is 2.18. The van der Waals surface area contributed by atoms with E-state index in [0.29, 0.717) is 19.4 Å². The highest BCUT2D eigenvalue weighted by Gasteiger charge is 2.18. The smallest absolute Gasteiger partial charge is 0.305 e. The highest BCUT2D eigenvalue weighted by atomic mass is 16.5. The van der Waals surface area contributed by atoms with E-state index in [4.69, 9.17) is 4.74 Å². The Bertz CT molecular complexity index is 1110. The van der Waals surface area contributed by atoms with Crippen LogP contribution in [-0.4, -0.2) is 47.4 Å². The Hall–Kier alpha value is -1.66. The minimum atomic E-state index is -0.844. The van der Waals surface area contributed by atoms with Crippen LogP contribution >= 0.6 is 0 Å². The molecule has 2 atom stereocenters. The van der Waals surface area contributed by atoms with E-state index in [9.17, 15) is 19.8 Å². The predicted octanol–water partition coefficient (Wildman–Crippen LogP) is 20.2. The maximum absolute atomic E-state index is 12.5. The van der Waals surface area contributed by atoms with Crippen LogP contribution in [-0.2, 0) is 14.3 Å². The van der Waals surface area contributed by atoms with Crippen LogP contribution in [0.3, 0.4) is 0 Å². The van der Waals surface area contributed by atoms with E-state index in [1.165, 1.54) is 283 Å². The first-order chi connectivity index (χ1) is 35.0. The number of unbranched alkanes of at least 4 members (excludes halogenated alkanes) is 47. The van der Waals surface area contributed by atoms with E-state index in [-0.39, 0.29) is 18.5 Å². The van der Waals surface area contributed by atoms with Gasteiger partial charge in [-0.25, -0.2) is 0 Å². The quantitative estimate of drug-likeness (QED) is 0.0320. The van der Waals surface area contributed by atoms with Gasteiger partial charge >= 0.3 is 5.97 Å². The van der Waals surface area contributed by atoms with Crippen molar-refractivity contribution in [3.05, 3.63) is 24.3 Å². The number of amides is 1. The molecule has 0 aromatic carbocycles. The molecule has 0 spiro atoms. The number of rotatable bonds is 60. The fourth-order valence-corrected chi connectivity index (χ4v) is 10.0. The van der Waals surface area contributed by atoms with Crippen molar-refractivity contribution in [3.8, 4) is 0 Å². The lowest BCUT2D eigenvalue weighted by molar-refractivity contribution is -0.143. The molecule has 0 radical (unpaired) electrons. The number of esters is 1. The van der Waals surface area contributed by atoms with Crippen LogP contribution in [0.2, 0.25) is 0 Å². The number of carbonyl (C=O) groups excluding carboxylic acids is 2. The summed E-state index contributed by atoms with van der Waals surface area (Å²) in [4.78, 5) is 24.6. The van der Waals surface area contributed by atoms with Gasteiger partial charge in [0.05, 0.1) is 25.4 Å². The monoisotopic (exact) mass is 1000 g/mol. The minimum Gasteiger partial charge on any atom is -0.466 e. The molecule has 0 saturated heterocycles. The number of carbonyl (C=O) groups is 2. The van der Waals surface area contributed by atoms with Gasteiger partial charge in [0.15, 0.2) is 0 Å². The van der Waals surface area contributed by atoms with Gasteiger partial charge in [-0.15, -0.1) is 0 Å². The van der Waals surface area contributed by atoms with Crippen molar-refractivity contribution in [1.82, 2.24) is 5.32 Å². The molecule has 71 heavy (non-hydrogen) atoms. The lowest BCUT2D eigenvalue weighted by Crippen LogP contribution is -2.45. The third kappa shape index (κ3) is 57.5. The average Bonchev–Trinajstić information content (AvgIpc) is 3.37. The van der Waals surface area contributed by atoms with Crippen molar-refractivity contribution < 1.29 is 24.5 Å². The molecule has 0 aromatic heterocycles. The van der Waals surface area contributed by atoms with Crippen LogP contribution in [0.5, 0.6) is 0 Å². The van der Waals surface area contributed by atoms with Crippen LogP contribution in [0.15, 0.2) is 24.3 Å². The number of hydrogen-bond acceptors (Lipinski definition) is 5. The van der Waals surface area contributed by atoms with Crippen LogP contribution in [0, 0.1) is 0 Å². The summed E-state index contributed by atoms with van der Waals surface area (Å²) in [7, 11) is 0. The fraction of sp³-hybridized carbons (Fsp3) is 0.908. The molecule has 1 amide bonds. The third-order valence-corrected chi connectivity index (χ3v) is 15.0. The summed E-state index contributed by atoms with van der Waals surface area (Å²) in [6.07, 6.45) is 75.1. The number of hydrogen-bond donors (Lipinski definition) is 3. The van der Waals surface area contributed by atoms with Gasteiger partial charge in [0.2, 0.25) is 5.91 Å². The summed E-state index contributed by atoms with van der Waals surface area (Å²) in [5, 5.41) is 23.1. The largest absolute Gasteiger partial charge is 0.466 e. The minimum absolute atomic E-state index is 0.00983. The molecule has 0 fully saturated rings. The maximum Gasteiger partial charge on any atom is 0.305 e. The van der Waals surface area contributed by atoms with E-state index in [1.807, 2.05) is 6.08 Å². The molecule has 0 saturated carbocycles. The lowest BCUT2D eigenvalue weighted by atomic mass is 10.0. The first kappa shape index (κ1) is 69.3. The van der Waals surface area contributed by atoms with Crippen LogP contribution < -0.4 is 5.32 Å². The number of aliphatic hydroxyl groups excluding tert-OH is 2. The Labute approximate surface area is 443 Å². The Kier molecular flexibility index (Phi) is 59.5. The zero-order valence-corrected chi connectivity index (χ0v) is 48.0. The van der Waals surface area contributed by atoms with E-state index in [0.717, 1.165) is 44.9 Å². The lowest BCUT2D eigenvalue weighted by Gasteiger charge is -2.20. The molecule has 0 rings (SSSR count). The van der Waals surface area contributed by atoms with E-state index in [1.54, 1.807) is 6.08 Å². The van der Waals surface area contributed by atoms with Gasteiger partial charge in [-0.3, -0.25) is 9.59 Å². The Morgan fingerprint density at radius 1 is 0.380 bits per heavy atom. The van der Waals surface area contributed by atoms with Gasteiger partial charge in [0, 0.05) is 12.8 Å². The molecule has 0 aliphatic heterocycles. The summed E-state index contributed by atoms with van der Waals surface area (Å²) in [5.41, 5.74) is 0. The Morgan fingerprint density at radius 2 is 0.662 bits per heavy atom. The molecule has 0 bridgehead atoms. The summed E-state index contributed by atoms with van der Waals surface area (Å²) in [6, 6.07) is -0.627. The molecule has 6 heteroatoms. The molecular formula is C65H125NO5. The van der Waals surface area contributed by atoms with Gasteiger partial charge in [0.1, 0.15) is 0 Å². The second-order valence-electron chi connectivity index (χ2n) is 22.1. The summed E-state index contributed by atoms with van der Waals surface area (Å²) in [5.74, 6) is -0.0565. The molecule has 0 aliphatic rings. The topological polar surface area (TPSA) is 95.9 Å². The zero-order valence-electron chi connectivity index (χ0n) is 48.0. The first-order valence-corrected chi connectivity index (χ1v) is 32.1. The van der Waals surface area contributed by atoms with Gasteiger partial charge in [-0.2, -0.15) is 0 Å². The molecular weight excluding hydrogens is 875 g/mol. The first-order valence-electron chi connectivity index (χ1n) is 32.1. The van der Waals surface area contributed by atoms with Crippen molar-refractivity contribution in [2.45, 2.75) is 366 Å². The normalized spacial score (nSPS) is 12.7. The third-order valence-electron chi connectivity index (χ3n) is 15.0. The van der Waals surface area contributed by atoms with Crippen LogP contribution in [0.1, 0.15) is 354 Å². The summed E-state index contributed by atoms with van der Waals surface area (Å²) in [6.45, 7) is 4.92. The maximum atomic E-state index is 12.5. The van der Waals surface area contributed by atoms with Crippen molar-refractivity contribution >= 4 is 11.9 Å². The van der Waals surface area contributed by atoms with E-state index < -0.39 is 12.1 Å². The second-order valence-corrected chi connectivity index (χ2v) is 22.1. The average molecular weight is 1000 g/mol. The molecule has 0 aromatic rings. The molecule has 2 unspecified atom stereocenters. The van der Waals surface area contributed by atoms with Crippen molar-refractivity contribution in [2.75, 3.05) is 13.2 Å². The van der Waals surface area contributed by atoms with E-state index >= 15 is 0 Å². The SMILES string of the molecule is CCCCCCCC/C=C\CCCCCCCCCC(=O)OCCCCCCCCCCCCCCCCCCCCCCCCC(=O)NC(CO)C(O)/C=C/CCCCCCCCCCCCCCC. The van der Waals surface area contributed by atoms with Crippen molar-refractivity contribution in [3.63, 3.8) is 0 Å². The number of nitrogens with one attached hydrogen (secondary N) is 1. The van der Waals surface area contributed by atoms with Gasteiger partial charge in [0.25, 0.3) is 0 Å². The molecule has 6 nitrogen and oxygen atoms in total. The number of allylic oxidation sites excluding steroid dienone is 3. The second kappa shape index (κ2) is 60.9. The van der Waals surface area contributed by atoms with Crippen molar-refractivity contribution in [2.24, 2.45) is 0 Å². The highest BCUT2D eigenvalue weighted by molar-refractivity contribution is 5.76. The molecule has 420 valence electrons. The fourth-order valence-electron chi connectivity index (χ4n) is 10.0. The summed E-state index contributed by atoms with van der Waals surface area (Å²) < 4.78 is 5.50. The van der Waals surface area contributed by atoms with Gasteiger partial charge in [-0.1, -0.05) is 308 Å². The predicted molar refractivity (Wildman–Crippen MR) is 310 cm³/mol. The molecule has 0 heterocycles. The molecule has 0 aliphatic carbocycles. The standard InChI is InChI=1S/C65H125NO5/c1-3-5-7-9-11-13-15-17-19-26-31-35-39-43-47-51-55-59-65(70)71-60-56-52-48-44-40-36-32-28-25-23-21-20-22-24-27-30-34-38-42-46-50-54-58-64(69)66-62(61-67)63(68)57-53-49-45-41-37-33-29-18-16-14-12-10-8-6-4-2/h17,19,53,57,62-63,67-68H,3-16,18,20-52,54-56,58-61H2,1-2H3,(H,66,69)/b19-17-,57-53+. The summed E-state index contributed by atoms with van der Waals surface area (Å²) >= 11 is 0. The molecule has 3 N–H and O–H groups in total. The van der Waals surface area contributed by atoms with Crippen LogP contribution in [0.25, 0.3) is 0 Å². The Balaban J connectivity index is 3.38. The van der Waals surface area contributed by atoms with Gasteiger partial charge in [-0.05, 0) is 57.8 Å². The number of aliphatic hydroxyl groups is 2. The Morgan fingerprint density at radius 3 is 1.00 bits per heavy atom. The zero-order chi connectivity index (χ0) is 51.4. The number of ether oxygens (including phenoxy) is 1. The van der Waals surface area contributed by atoms with E-state index in [2.05, 4.69) is 31.3 Å².